The first-order chi connectivity index (χ1) is 9.93. The molecular formula is C17H13N3. The van der Waals surface area contributed by atoms with Crippen molar-refractivity contribution in [2.75, 3.05) is 0 Å². The second-order valence-electron chi connectivity index (χ2n) is 5.33. The van der Waals surface area contributed by atoms with E-state index in [4.69, 9.17) is 4.98 Å². The lowest BCUT2D eigenvalue weighted by Gasteiger charge is -2.14. The van der Waals surface area contributed by atoms with Gasteiger partial charge in [0.2, 0.25) is 0 Å². The Labute approximate surface area is 115 Å². The van der Waals surface area contributed by atoms with Crippen molar-refractivity contribution in [3.05, 3.63) is 53.9 Å². The summed E-state index contributed by atoms with van der Waals surface area (Å²) in [7, 11) is 0. The zero-order chi connectivity index (χ0) is 13.1. The number of aromatic nitrogens is 3. The lowest BCUT2D eigenvalue weighted by atomic mass is 9.99. The summed E-state index contributed by atoms with van der Waals surface area (Å²) in [5, 5.41) is 1.22. The molecule has 0 saturated heterocycles. The van der Waals surface area contributed by atoms with Crippen LogP contribution in [-0.4, -0.2) is 14.4 Å². The summed E-state index contributed by atoms with van der Waals surface area (Å²) in [6.07, 6.45) is 8.71. The average molecular weight is 259 g/mol. The molecule has 3 heteroatoms. The Hall–Kier alpha value is -2.55. The Morgan fingerprint density at radius 2 is 2.10 bits per heavy atom. The lowest BCUT2D eigenvalue weighted by Crippen LogP contribution is -2.03. The number of nitrogens with zero attached hydrogens (tertiary/aromatic N) is 2. The Balaban J connectivity index is 2.16. The van der Waals surface area contributed by atoms with Crippen LogP contribution in [0.3, 0.4) is 0 Å². The van der Waals surface area contributed by atoms with Crippen LogP contribution in [0.2, 0.25) is 0 Å². The van der Waals surface area contributed by atoms with Crippen molar-refractivity contribution in [2.45, 2.75) is 12.8 Å². The number of pyridine rings is 1. The fraction of sp³-hybridized carbons (Fsp3) is 0.118. The van der Waals surface area contributed by atoms with Crippen molar-refractivity contribution in [2.24, 2.45) is 0 Å². The van der Waals surface area contributed by atoms with Gasteiger partial charge in [0.15, 0.2) is 0 Å². The number of rotatable bonds is 0. The number of nitrogens with one attached hydrogen (secondary N) is 1. The molecule has 20 heavy (non-hydrogen) atoms. The van der Waals surface area contributed by atoms with E-state index in [1.807, 2.05) is 12.3 Å². The first-order valence-electron chi connectivity index (χ1n) is 6.99. The highest BCUT2D eigenvalue weighted by Crippen LogP contribution is 2.32. The molecule has 3 aromatic heterocycles. The van der Waals surface area contributed by atoms with Gasteiger partial charge in [0.25, 0.3) is 0 Å². The van der Waals surface area contributed by atoms with Crippen molar-refractivity contribution in [1.82, 2.24) is 14.4 Å². The molecule has 0 unspecified atom stereocenters. The van der Waals surface area contributed by atoms with Gasteiger partial charge in [-0.3, -0.25) is 4.40 Å². The number of aryl methyl sites for hydroxylation is 1. The molecule has 1 N–H and O–H groups in total. The molecule has 0 aliphatic heterocycles. The molecule has 3 heterocycles. The van der Waals surface area contributed by atoms with E-state index in [1.54, 1.807) is 0 Å². The molecule has 0 saturated carbocycles. The Kier molecular flexibility index (Phi) is 1.80. The van der Waals surface area contributed by atoms with Gasteiger partial charge in [-0.2, -0.15) is 0 Å². The van der Waals surface area contributed by atoms with Crippen LogP contribution in [0.25, 0.3) is 33.7 Å². The van der Waals surface area contributed by atoms with Crippen LogP contribution >= 0.6 is 0 Å². The molecule has 0 spiro atoms. The summed E-state index contributed by atoms with van der Waals surface area (Å²) in [6.45, 7) is 0. The minimum absolute atomic E-state index is 1.05. The number of benzene rings is 1. The van der Waals surface area contributed by atoms with Crippen molar-refractivity contribution in [3.8, 4) is 0 Å². The van der Waals surface area contributed by atoms with E-state index in [2.05, 4.69) is 45.8 Å². The molecule has 96 valence electrons. The van der Waals surface area contributed by atoms with Gasteiger partial charge in [-0.25, -0.2) is 4.98 Å². The van der Waals surface area contributed by atoms with Gasteiger partial charge in [0, 0.05) is 17.1 Å². The summed E-state index contributed by atoms with van der Waals surface area (Å²) in [4.78, 5) is 8.23. The summed E-state index contributed by atoms with van der Waals surface area (Å²) < 4.78 is 2.30. The molecule has 3 nitrogen and oxygen atoms in total. The molecule has 0 atom stereocenters. The van der Waals surface area contributed by atoms with Crippen molar-refractivity contribution >= 4 is 33.7 Å². The number of imidazole rings is 1. The lowest BCUT2D eigenvalue weighted by molar-refractivity contribution is 0.965. The molecule has 1 aromatic carbocycles. The third-order valence-electron chi connectivity index (χ3n) is 4.24. The topological polar surface area (TPSA) is 33.1 Å². The van der Waals surface area contributed by atoms with Crippen molar-refractivity contribution in [3.63, 3.8) is 0 Å². The van der Waals surface area contributed by atoms with Gasteiger partial charge in [-0.05, 0) is 37.1 Å². The number of allylic oxidation sites excluding steroid dienone is 1. The van der Waals surface area contributed by atoms with E-state index in [1.165, 1.54) is 27.7 Å². The van der Waals surface area contributed by atoms with Crippen molar-refractivity contribution < 1.29 is 0 Å². The molecule has 5 rings (SSSR count). The minimum atomic E-state index is 1.05. The highest BCUT2D eigenvalue weighted by atomic mass is 15.0. The largest absolute Gasteiger partial charge is 0.361 e. The number of para-hydroxylation sites is 2. The maximum absolute atomic E-state index is 4.83. The Morgan fingerprint density at radius 3 is 3.10 bits per heavy atom. The zero-order valence-electron chi connectivity index (χ0n) is 10.9. The van der Waals surface area contributed by atoms with Gasteiger partial charge in [-0.15, -0.1) is 0 Å². The first-order valence-corrected chi connectivity index (χ1v) is 6.99. The summed E-state index contributed by atoms with van der Waals surface area (Å²) in [6, 6.07) is 10.5. The highest BCUT2D eigenvalue weighted by Gasteiger charge is 2.18. The number of aromatic amines is 1. The summed E-state index contributed by atoms with van der Waals surface area (Å²) >= 11 is 0. The van der Waals surface area contributed by atoms with E-state index in [0.717, 1.165) is 24.0 Å². The maximum atomic E-state index is 4.83. The average Bonchev–Trinajstić information content (AvgIpc) is 3.12. The quantitative estimate of drug-likeness (QED) is 0.510. The van der Waals surface area contributed by atoms with Crippen LogP contribution in [0.1, 0.15) is 17.7 Å². The molecule has 0 radical (unpaired) electrons. The fourth-order valence-electron chi connectivity index (χ4n) is 3.37. The fourth-order valence-corrected chi connectivity index (χ4v) is 3.37. The van der Waals surface area contributed by atoms with Gasteiger partial charge < -0.3 is 4.98 Å². The van der Waals surface area contributed by atoms with Gasteiger partial charge >= 0.3 is 0 Å². The number of hydrogen-bond donors (Lipinski definition) is 1. The third-order valence-corrected chi connectivity index (χ3v) is 4.24. The van der Waals surface area contributed by atoms with Crippen LogP contribution in [0.5, 0.6) is 0 Å². The second kappa shape index (κ2) is 3.51. The number of hydrogen-bond acceptors (Lipinski definition) is 1. The molecule has 4 aromatic rings. The van der Waals surface area contributed by atoms with E-state index in [-0.39, 0.29) is 0 Å². The molecular weight excluding hydrogens is 246 g/mol. The number of H-pyrrole nitrogens is 1. The van der Waals surface area contributed by atoms with Crippen molar-refractivity contribution in [1.29, 1.82) is 0 Å². The predicted octanol–water partition coefficient (Wildman–Crippen LogP) is 3.93. The zero-order valence-corrected chi connectivity index (χ0v) is 10.9. The summed E-state index contributed by atoms with van der Waals surface area (Å²) in [5.41, 5.74) is 7.22. The standard InChI is InChI=1S/C17H13N3/c1-3-7-14-11(5-1)16-12(9-10-18-16)17-19-13-6-2-4-8-15(13)20(14)17/h2-4,6-10,18H,1,5H2. The monoisotopic (exact) mass is 259 g/mol. The number of fused-ring (bicyclic) bond motifs is 8. The smallest absolute Gasteiger partial charge is 0.147 e. The minimum Gasteiger partial charge on any atom is -0.361 e. The third kappa shape index (κ3) is 1.13. The van der Waals surface area contributed by atoms with Gasteiger partial charge in [0.05, 0.1) is 22.2 Å². The molecule has 1 aliphatic carbocycles. The van der Waals surface area contributed by atoms with E-state index in [0.29, 0.717) is 0 Å². The molecule has 0 fully saturated rings. The van der Waals surface area contributed by atoms with Crippen LogP contribution in [-0.2, 0) is 6.42 Å². The van der Waals surface area contributed by atoms with Crippen LogP contribution in [0.15, 0.2) is 42.6 Å². The van der Waals surface area contributed by atoms with Crippen LogP contribution in [0.4, 0.5) is 0 Å². The maximum Gasteiger partial charge on any atom is 0.147 e. The molecule has 1 aliphatic rings. The second-order valence-corrected chi connectivity index (χ2v) is 5.33. The molecule has 0 amide bonds. The van der Waals surface area contributed by atoms with E-state index >= 15 is 0 Å². The molecule has 0 bridgehead atoms. The highest BCUT2D eigenvalue weighted by molar-refractivity contribution is 6.00. The van der Waals surface area contributed by atoms with Gasteiger partial charge in [-0.1, -0.05) is 18.2 Å². The van der Waals surface area contributed by atoms with Crippen LogP contribution in [0, 0.1) is 0 Å². The Bertz CT molecular complexity index is 1000. The van der Waals surface area contributed by atoms with Gasteiger partial charge in [0.1, 0.15) is 5.65 Å². The Morgan fingerprint density at radius 1 is 1.15 bits per heavy atom. The first kappa shape index (κ1) is 10.3. The van der Waals surface area contributed by atoms with E-state index < -0.39 is 0 Å². The normalized spacial score (nSPS) is 14.4. The van der Waals surface area contributed by atoms with Crippen LogP contribution < -0.4 is 0 Å². The summed E-state index contributed by atoms with van der Waals surface area (Å²) in [5.74, 6) is 0. The predicted molar refractivity (Wildman–Crippen MR) is 81.9 cm³/mol. The SMILES string of the molecule is C1=Cc2c(c3[nH]ccc3c3nc4ccccc4n23)CC1. The van der Waals surface area contributed by atoms with E-state index in [9.17, 15) is 0 Å².